The lowest BCUT2D eigenvalue weighted by Gasteiger charge is -1.95. The molecule has 0 saturated carbocycles. The molecule has 0 saturated heterocycles. The summed E-state index contributed by atoms with van der Waals surface area (Å²) in [6.07, 6.45) is -2.83. The van der Waals surface area contributed by atoms with Gasteiger partial charge in [0.05, 0.1) is 0 Å². The van der Waals surface area contributed by atoms with E-state index in [-0.39, 0.29) is 0 Å². The highest BCUT2D eigenvalue weighted by Crippen LogP contribution is 2.14. The Labute approximate surface area is 45.3 Å². The molecule has 0 amide bonds. The fraction of sp³-hybridized carbons (Fsp3) is 0.200. The molecule has 0 aromatic rings. The first-order valence-electron chi connectivity index (χ1n) is 1.87. The molecule has 0 heterocycles. The highest BCUT2D eigenvalue weighted by molar-refractivity contribution is 5.20. The van der Waals surface area contributed by atoms with E-state index < -0.39 is 17.8 Å². The number of rotatable bonds is 2. The number of hydrogen-bond donors (Lipinski definition) is 0. The number of halogens is 3. The minimum Gasteiger partial charge on any atom is -0.207 e. The zero-order valence-electron chi connectivity index (χ0n) is 4.13. The summed E-state index contributed by atoms with van der Waals surface area (Å²) in [5.41, 5.74) is -0.843. The second-order valence-corrected chi connectivity index (χ2v) is 1.23. The van der Waals surface area contributed by atoms with Crippen LogP contribution in [0, 0.1) is 0 Å². The molecule has 0 spiro atoms. The first-order chi connectivity index (χ1) is 3.55. The van der Waals surface area contributed by atoms with E-state index in [1.54, 1.807) is 0 Å². The minimum absolute atomic E-state index is 0.843. The van der Waals surface area contributed by atoms with Gasteiger partial charge in [-0.3, -0.25) is 0 Å². The molecule has 0 nitrogen and oxygen atoms in total. The van der Waals surface area contributed by atoms with E-state index in [0.717, 1.165) is 0 Å². The molecular formula is C5H5F3. The van der Waals surface area contributed by atoms with Crippen LogP contribution in [0.5, 0.6) is 0 Å². The first-order valence-corrected chi connectivity index (χ1v) is 1.87. The van der Waals surface area contributed by atoms with Crippen LogP contribution in [0.4, 0.5) is 13.2 Å². The lowest BCUT2D eigenvalue weighted by molar-refractivity contribution is 0.189. The highest BCUT2D eigenvalue weighted by atomic mass is 19.3. The Balaban J connectivity index is 3.84. The van der Waals surface area contributed by atoms with Gasteiger partial charge in [-0.2, -0.15) is 0 Å². The van der Waals surface area contributed by atoms with Crippen LogP contribution in [0.3, 0.4) is 0 Å². The van der Waals surface area contributed by atoms with Crippen molar-refractivity contribution in [3.05, 3.63) is 24.6 Å². The first kappa shape index (κ1) is 7.27. The van der Waals surface area contributed by atoms with Crippen LogP contribution >= 0.6 is 0 Å². The zero-order chi connectivity index (χ0) is 6.73. The van der Waals surface area contributed by atoms with Gasteiger partial charge >= 0.3 is 0 Å². The highest BCUT2D eigenvalue weighted by Gasteiger charge is 2.09. The number of alkyl halides is 2. The van der Waals surface area contributed by atoms with Crippen molar-refractivity contribution in [1.82, 2.24) is 0 Å². The fourth-order valence-electron chi connectivity index (χ4n) is 0.118. The maximum Gasteiger partial charge on any atom is 0.266 e. The van der Waals surface area contributed by atoms with Gasteiger partial charge in [-0.1, -0.05) is 13.2 Å². The van der Waals surface area contributed by atoms with Gasteiger partial charge in [0.2, 0.25) is 0 Å². The van der Waals surface area contributed by atoms with Gasteiger partial charge in [0, 0.05) is 5.57 Å². The topological polar surface area (TPSA) is 0 Å². The molecule has 0 bridgehead atoms. The second kappa shape index (κ2) is 2.55. The van der Waals surface area contributed by atoms with Gasteiger partial charge in [0.15, 0.2) is 0 Å². The second-order valence-electron chi connectivity index (χ2n) is 1.23. The Morgan fingerprint density at radius 2 is 1.62 bits per heavy atom. The predicted octanol–water partition coefficient (Wildman–Crippen LogP) is 2.29. The van der Waals surface area contributed by atoms with Gasteiger partial charge in [0.1, 0.15) is 5.83 Å². The van der Waals surface area contributed by atoms with Crippen LogP contribution in [0.1, 0.15) is 0 Å². The average molecular weight is 122 g/mol. The van der Waals surface area contributed by atoms with Crippen molar-refractivity contribution in [1.29, 1.82) is 0 Å². The van der Waals surface area contributed by atoms with Crippen LogP contribution in [0.25, 0.3) is 0 Å². The summed E-state index contributed by atoms with van der Waals surface area (Å²) in [5.74, 6) is -1.15. The molecule has 0 atom stereocenters. The van der Waals surface area contributed by atoms with Crippen molar-refractivity contribution in [2.45, 2.75) is 6.43 Å². The molecular weight excluding hydrogens is 117 g/mol. The molecule has 0 unspecified atom stereocenters. The molecule has 0 aliphatic carbocycles. The van der Waals surface area contributed by atoms with Crippen LogP contribution in [-0.2, 0) is 0 Å². The normalized spacial score (nSPS) is 9.50. The van der Waals surface area contributed by atoms with E-state index in [4.69, 9.17) is 0 Å². The summed E-state index contributed by atoms with van der Waals surface area (Å²) in [4.78, 5) is 0. The third-order valence-corrected chi connectivity index (χ3v) is 0.612. The van der Waals surface area contributed by atoms with Gasteiger partial charge < -0.3 is 0 Å². The Morgan fingerprint density at radius 3 is 1.62 bits per heavy atom. The maximum absolute atomic E-state index is 11.6. The van der Waals surface area contributed by atoms with Crippen LogP contribution < -0.4 is 0 Å². The average Bonchev–Trinajstić information content (AvgIpc) is 1.64. The molecule has 0 aliphatic heterocycles. The van der Waals surface area contributed by atoms with E-state index in [2.05, 4.69) is 13.2 Å². The van der Waals surface area contributed by atoms with E-state index in [0.29, 0.717) is 0 Å². The van der Waals surface area contributed by atoms with Gasteiger partial charge in [-0.25, -0.2) is 13.2 Å². The fourth-order valence-corrected chi connectivity index (χ4v) is 0.118. The van der Waals surface area contributed by atoms with Crippen molar-refractivity contribution in [2.24, 2.45) is 0 Å². The van der Waals surface area contributed by atoms with Crippen LogP contribution in [0.2, 0.25) is 0 Å². The Hall–Kier alpha value is -0.730. The molecule has 0 aromatic heterocycles. The minimum atomic E-state index is -2.83. The molecule has 0 fully saturated rings. The maximum atomic E-state index is 11.6. The van der Waals surface area contributed by atoms with Gasteiger partial charge in [-0.15, -0.1) is 0 Å². The molecule has 0 aliphatic rings. The standard InChI is InChI=1S/C5H5F3/c1-3(4(2)6)5(7)8/h5H,1-2H2. The van der Waals surface area contributed by atoms with E-state index in [9.17, 15) is 13.2 Å². The van der Waals surface area contributed by atoms with Crippen LogP contribution in [-0.4, -0.2) is 6.43 Å². The molecule has 3 heteroatoms. The summed E-state index contributed by atoms with van der Waals surface area (Å²) in [7, 11) is 0. The summed E-state index contributed by atoms with van der Waals surface area (Å²) in [5, 5.41) is 0. The SMILES string of the molecule is C=C(F)C(=C)C(F)F. The van der Waals surface area contributed by atoms with Gasteiger partial charge in [0.25, 0.3) is 6.43 Å². The lowest BCUT2D eigenvalue weighted by atomic mass is 10.3. The molecule has 0 radical (unpaired) electrons. The summed E-state index contributed by atoms with van der Waals surface area (Å²) in [6, 6.07) is 0. The van der Waals surface area contributed by atoms with Gasteiger partial charge in [-0.05, 0) is 0 Å². The molecule has 46 valence electrons. The summed E-state index contributed by atoms with van der Waals surface area (Å²) < 4.78 is 34.1. The monoisotopic (exact) mass is 122 g/mol. The van der Waals surface area contributed by atoms with E-state index in [1.165, 1.54) is 0 Å². The number of hydrogen-bond acceptors (Lipinski definition) is 0. The third-order valence-electron chi connectivity index (χ3n) is 0.612. The Morgan fingerprint density at radius 1 is 1.25 bits per heavy atom. The van der Waals surface area contributed by atoms with E-state index in [1.807, 2.05) is 0 Å². The van der Waals surface area contributed by atoms with Crippen LogP contribution in [0.15, 0.2) is 24.6 Å². The zero-order valence-corrected chi connectivity index (χ0v) is 4.13. The summed E-state index contributed by atoms with van der Waals surface area (Å²) >= 11 is 0. The van der Waals surface area contributed by atoms with Crippen molar-refractivity contribution in [2.75, 3.05) is 0 Å². The largest absolute Gasteiger partial charge is 0.266 e. The molecule has 0 N–H and O–H groups in total. The Kier molecular flexibility index (Phi) is 2.31. The van der Waals surface area contributed by atoms with E-state index >= 15 is 0 Å². The van der Waals surface area contributed by atoms with Crippen molar-refractivity contribution >= 4 is 0 Å². The third kappa shape index (κ3) is 1.82. The molecule has 8 heavy (non-hydrogen) atoms. The smallest absolute Gasteiger partial charge is 0.207 e. The quantitative estimate of drug-likeness (QED) is 0.493. The molecule has 0 rings (SSSR count). The Bertz CT molecular complexity index is 115. The lowest BCUT2D eigenvalue weighted by Crippen LogP contribution is -1.93. The predicted molar refractivity (Wildman–Crippen MR) is 25.4 cm³/mol. The number of allylic oxidation sites excluding steroid dienone is 2. The van der Waals surface area contributed by atoms with Crippen molar-refractivity contribution in [3.8, 4) is 0 Å². The molecule has 0 aromatic carbocycles. The van der Waals surface area contributed by atoms with Crippen molar-refractivity contribution in [3.63, 3.8) is 0 Å². The summed E-state index contributed by atoms with van der Waals surface area (Å²) in [6.45, 7) is 5.36. The van der Waals surface area contributed by atoms with Crippen molar-refractivity contribution < 1.29 is 13.2 Å².